The fourth-order valence-electron chi connectivity index (χ4n) is 6.89. The zero-order chi connectivity index (χ0) is 21.1. The number of benzene rings is 1. The minimum atomic E-state index is 0.0749. The number of hydrogen-bond acceptors (Lipinski definition) is 4. The number of carbonyl (C=O) groups excluding carboxylic acids is 1. The first-order chi connectivity index (χ1) is 14.3. The minimum Gasteiger partial charge on any atom is -0.373 e. The molecule has 1 aliphatic heterocycles. The third-order valence-electron chi connectivity index (χ3n) is 8.46. The van der Waals surface area contributed by atoms with E-state index < -0.39 is 0 Å². The fourth-order valence-corrected chi connectivity index (χ4v) is 6.89. The van der Waals surface area contributed by atoms with Crippen LogP contribution in [-0.2, 0) is 16.0 Å². The van der Waals surface area contributed by atoms with Crippen LogP contribution in [0.3, 0.4) is 0 Å². The molecule has 1 unspecified atom stereocenters. The van der Waals surface area contributed by atoms with Gasteiger partial charge in [-0.05, 0) is 61.3 Å². The highest BCUT2D eigenvalue weighted by molar-refractivity contribution is 5.79. The van der Waals surface area contributed by atoms with Crippen molar-refractivity contribution in [2.75, 3.05) is 6.61 Å². The first kappa shape index (κ1) is 19.8. The standard InChI is InChI=1S/C25H32N2O3/c1-15-19(16(2)30-27-15)13-21(28)26-23-24(3,4)18-12-20-22(17-8-6-5-7-9-17)29-11-10-25(20,23)14-18/h5-9,18,20,22-23H,10-14H2,1-4H3,(H,26,28)/t18-,20-,22-,23+,25?/m1/s1. The number of aryl methyl sites for hydroxylation is 2. The van der Waals surface area contributed by atoms with Crippen molar-refractivity contribution in [2.24, 2.45) is 22.7 Å². The number of carbonyl (C=O) groups is 1. The highest BCUT2D eigenvalue weighted by atomic mass is 16.5. The normalized spacial score (nSPS) is 34.0. The molecule has 5 rings (SSSR count). The highest BCUT2D eigenvalue weighted by Crippen LogP contribution is 2.70. The average Bonchev–Trinajstić information content (AvgIpc) is 3.34. The Kier molecular flexibility index (Phi) is 4.58. The van der Waals surface area contributed by atoms with Crippen molar-refractivity contribution in [1.82, 2.24) is 10.5 Å². The summed E-state index contributed by atoms with van der Waals surface area (Å²) in [6.45, 7) is 9.22. The second-order valence-electron chi connectivity index (χ2n) is 10.2. The van der Waals surface area contributed by atoms with Crippen molar-refractivity contribution < 1.29 is 14.1 Å². The van der Waals surface area contributed by atoms with Crippen LogP contribution < -0.4 is 5.32 Å². The van der Waals surface area contributed by atoms with Gasteiger partial charge in [0, 0.05) is 18.2 Å². The zero-order valence-corrected chi connectivity index (χ0v) is 18.4. The van der Waals surface area contributed by atoms with Crippen LogP contribution in [0.5, 0.6) is 0 Å². The van der Waals surface area contributed by atoms with Crippen molar-refractivity contribution in [1.29, 1.82) is 0 Å². The van der Waals surface area contributed by atoms with Crippen LogP contribution in [0.1, 0.15) is 61.8 Å². The Bertz CT molecular complexity index is 931. The summed E-state index contributed by atoms with van der Waals surface area (Å²) in [5, 5.41) is 7.50. The topological polar surface area (TPSA) is 64.4 Å². The molecule has 1 amide bonds. The van der Waals surface area contributed by atoms with Crippen molar-refractivity contribution in [3.63, 3.8) is 0 Å². The van der Waals surface area contributed by atoms with E-state index in [2.05, 4.69) is 54.7 Å². The summed E-state index contributed by atoms with van der Waals surface area (Å²) in [5.41, 5.74) is 3.19. The third kappa shape index (κ3) is 2.85. The summed E-state index contributed by atoms with van der Waals surface area (Å²) in [4.78, 5) is 13.1. The molecule has 2 heterocycles. The Balaban J connectivity index is 1.42. The Hall–Kier alpha value is -2.14. The molecule has 1 aromatic carbocycles. The van der Waals surface area contributed by atoms with Crippen molar-refractivity contribution in [3.05, 3.63) is 52.9 Å². The summed E-state index contributed by atoms with van der Waals surface area (Å²) in [6, 6.07) is 10.8. The molecule has 2 saturated carbocycles. The number of ether oxygens (including phenoxy) is 1. The molecule has 2 bridgehead atoms. The predicted octanol–water partition coefficient (Wildman–Crippen LogP) is 4.53. The van der Waals surface area contributed by atoms with Gasteiger partial charge in [-0.25, -0.2) is 0 Å². The van der Waals surface area contributed by atoms with Gasteiger partial charge in [-0.3, -0.25) is 4.79 Å². The van der Waals surface area contributed by atoms with Crippen LogP contribution in [0.4, 0.5) is 0 Å². The molecule has 0 radical (unpaired) electrons. The van der Waals surface area contributed by atoms with Crippen LogP contribution in [0, 0.1) is 36.5 Å². The van der Waals surface area contributed by atoms with Crippen LogP contribution in [-0.4, -0.2) is 23.7 Å². The van der Waals surface area contributed by atoms with Gasteiger partial charge in [0.05, 0.1) is 18.2 Å². The molecule has 1 aromatic heterocycles. The molecule has 5 atom stereocenters. The largest absolute Gasteiger partial charge is 0.373 e. The Morgan fingerprint density at radius 2 is 2.00 bits per heavy atom. The molecule has 5 heteroatoms. The number of hydrogen-bond donors (Lipinski definition) is 1. The van der Waals surface area contributed by atoms with E-state index >= 15 is 0 Å². The SMILES string of the molecule is Cc1noc(C)c1CC(=O)N[C@H]1C(C)(C)[C@@H]2C[C@@H]3[C@@H](c4ccccc4)OCCC31C2. The van der Waals surface area contributed by atoms with E-state index in [0.717, 1.165) is 30.0 Å². The van der Waals surface area contributed by atoms with E-state index in [1.165, 1.54) is 18.4 Å². The summed E-state index contributed by atoms with van der Waals surface area (Å²) in [5.74, 6) is 1.88. The second-order valence-corrected chi connectivity index (χ2v) is 10.2. The summed E-state index contributed by atoms with van der Waals surface area (Å²) in [7, 11) is 0. The molecule has 2 aromatic rings. The zero-order valence-electron chi connectivity index (χ0n) is 18.4. The highest BCUT2D eigenvalue weighted by Gasteiger charge is 2.68. The van der Waals surface area contributed by atoms with Crippen molar-refractivity contribution >= 4 is 5.91 Å². The van der Waals surface area contributed by atoms with Gasteiger partial charge in [0.25, 0.3) is 0 Å². The molecule has 1 spiro atoms. The molecular formula is C25H32N2O3. The molecule has 160 valence electrons. The number of nitrogens with zero attached hydrogens (tertiary/aromatic N) is 1. The van der Waals surface area contributed by atoms with E-state index in [4.69, 9.17) is 9.26 Å². The summed E-state index contributed by atoms with van der Waals surface area (Å²) < 4.78 is 11.6. The molecular weight excluding hydrogens is 376 g/mol. The maximum Gasteiger partial charge on any atom is 0.224 e. The van der Waals surface area contributed by atoms with Gasteiger partial charge in [-0.1, -0.05) is 49.3 Å². The van der Waals surface area contributed by atoms with E-state index in [1.54, 1.807) is 0 Å². The second kappa shape index (κ2) is 6.94. The van der Waals surface area contributed by atoms with E-state index in [-0.39, 0.29) is 28.9 Å². The molecule has 5 nitrogen and oxygen atoms in total. The molecule has 1 saturated heterocycles. The van der Waals surface area contributed by atoms with Crippen molar-refractivity contribution in [2.45, 2.75) is 65.5 Å². The van der Waals surface area contributed by atoms with Gasteiger partial charge >= 0.3 is 0 Å². The number of fused-ring (bicyclic) bond motifs is 1. The Morgan fingerprint density at radius 1 is 1.23 bits per heavy atom. The molecule has 3 aliphatic rings. The smallest absolute Gasteiger partial charge is 0.224 e. The lowest BCUT2D eigenvalue weighted by molar-refractivity contribution is -0.136. The number of aromatic nitrogens is 1. The molecule has 3 fully saturated rings. The van der Waals surface area contributed by atoms with Gasteiger partial charge in [0.15, 0.2) is 0 Å². The average molecular weight is 409 g/mol. The summed E-state index contributed by atoms with van der Waals surface area (Å²) >= 11 is 0. The lowest BCUT2D eigenvalue weighted by Crippen LogP contribution is -2.59. The quantitative estimate of drug-likeness (QED) is 0.807. The third-order valence-corrected chi connectivity index (χ3v) is 8.46. The first-order valence-corrected chi connectivity index (χ1v) is 11.2. The van der Waals surface area contributed by atoms with Gasteiger partial charge < -0.3 is 14.6 Å². The summed E-state index contributed by atoms with van der Waals surface area (Å²) in [6.07, 6.45) is 3.86. The van der Waals surface area contributed by atoms with Crippen LogP contribution in [0.25, 0.3) is 0 Å². The van der Waals surface area contributed by atoms with Gasteiger partial charge in [0.2, 0.25) is 5.91 Å². The Morgan fingerprint density at radius 3 is 2.70 bits per heavy atom. The number of amides is 1. The lowest BCUT2D eigenvalue weighted by atomic mass is 9.59. The van der Waals surface area contributed by atoms with Gasteiger partial charge in [-0.2, -0.15) is 0 Å². The van der Waals surface area contributed by atoms with E-state index in [0.29, 0.717) is 18.3 Å². The first-order valence-electron chi connectivity index (χ1n) is 11.2. The van der Waals surface area contributed by atoms with Crippen LogP contribution >= 0.6 is 0 Å². The molecule has 30 heavy (non-hydrogen) atoms. The van der Waals surface area contributed by atoms with Crippen LogP contribution in [0.15, 0.2) is 34.9 Å². The fraction of sp³-hybridized carbons (Fsp3) is 0.600. The molecule has 1 N–H and O–H groups in total. The Labute approximate surface area is 178 Å². The predicted molar refractivity (Wildman–Crippen MR) is 114 cm³/mol. The lowest BCUT2D eigenvalue weighted by Gasteiger charge is -2.53. The minimum absolute atomic E-state index is 0.0749. The van der Waals surface area contributed by atoms with E-state index in [1.807, 2.05) is 13.8 Å². The van der Waals surface area contributed by atoms with Gasteiger partial charge in [-0.15, -0.1) is 0 Å². The van der Waals surface area contributed by atoms with Crippen LogP contribution in [0.2, 0.25) is 0 Å². The maximum absolute atomic E-state index is 13.1. The number of rotatable bonds is 4. The van der Waals surface area contributed by atoms with Gasteiger partial charge in [0.1, 0.15) is 5.76 Å². The molecule has 2 aliphatic carbocycles. The van der Waals surface area contributed by atoms with E-state index in [9.17, 15) is 4.79 Å². The monoisotopic (exact) mass is 408 g/mol. The van der Waals surface area contributed by atoms with Crippen molar-refractivity contribution in [3.8, 4) is 0 Å². The maximum atomic E-state index is 13.1. The number of nitrogens with one attached hydrogen (secondary N) is 1.